The molecule has 3 aromatic rings. The van der Waals surface area contributed by atoms with Gasteiger partial charge in [-0.15, -0.1) is 4.68 Å². The number of H-pyrrole nitrogens is 1. The summed E-state index contributed by atoms with van der Waals surface area (Å²) in [5.41, 5.74) is 2.23. The maximum absolute atomic E-state index is 13.3. The van der Waals surface area contributed by atoms with Gasteiger partial charge in [-0.2, -0.15) is 5.10 Å². The summed E-state index contributed by atoms with van der Waals surface area (Å²) in [6.07, 6.45) is 1.57. The normalized spacial score (nSPS) is 10.6. The lowest BCUT2D eigenvalue weighted by Gasteiger charge is -2.07. The summed E-state index contributed by atoms with van der Waals surface area (Å²) in [4.78, 5) is 16.4. The van der Waals surface area contributed by atoms with Gasteiger partial charge in [-0.3, -0.25) is 4.79 Å². The minimum absolute atomic E-state index is 0.174. The predicted octanol–water partition coefficient (Wildman–Crippen LogP) is 2.86. The average molecular weight is 343 g/mol. The molecule has 1 amide bonds. The second-order valence-corrected chi connectivity index (χ2v) is 6.08. The van der Waals surface area contributed by atoms with Crippen LogP contribution < -0.4 is 10.00 Å². The topological polar surface area (TPSA) is 61.7 Å². The zero-order valence-electron chi connectivity index (χ0n) is 13.0. The molecule has 0 aliphatic heterocycles. The van der Waals surface area contributed by atoms with Gasteiger partial charge in [0.1, 0.15) is 5.82 Å². The first-order valence-electron chi connectivity index (χ1n) is 7.33. The largest absolute Gasteiger partial charge is 0.385 e. The number of hydrogen-bond donors (Lipinski definition) is 2. The Hall–Kier alpha value is -2.67. The summed E-state index contributed by atoms with van der Waals surface area (Å²) in [7, 11) is 0. The van der Waals surface area contributed by atoms with Crippen LogP contribution in [0.1, 0.15) is 5.56 Å². The number of aromatic amines is 1. The van der Waals surface area contributed by atoms with Crippen LogP contribution >= 0.6 is 11.8 Å². The van der Waals surface area contributed by atoms with Crippen LogP contribution in [0.2, 0.25) is 0 Å². The first-order chi connectivity index (χ1) is 11.6. The zero-order valence-corrected chi connectivity index (χ0v) is 13.8. The summed E-state index contributed by atoms with van der Waals surface area (Å²) in [6.45, 7) is 1.82. The Kier molecular flexibility index (Phi) is 4.90. The zero-order chi connectivity index (χ0) is 16.9. The number of thioether (sulfide) groups is 1. The summed E-state index contributed by atoms with van der Waals surface area (Å²) in [6, 6.07) is 14.0. The highest BCUT2D eigenvalue weighted by molar-refractivity contribution is 7.99. The predicted molar refractivity (Wildman–Crippen MR) is 90.6 cm³/mol. The average Bonchev–Trinajstić information content (AvgIpc) is 3.06. The fourth-order valence-corrected chi connectivity index (χ4v) is 2.91. The van der Waals surface area contributed by atoms with E-state index in [1.54, 1.807) is 17.1 Å². The number of nitrogens with zero attached hydrogens (tertiary/aromatic N) is 2. The Bertz CT molecular complexity index is 851. The molecule has 5 nitrogen and oxygen atoms in total. The molecule has 0 saturated heterocycles. The minimum atomic E-state index is -0.377. The minimum Gasteiger partial charge on any atom is -0.325 e. The van der Waals surface area contributed by atoms with E-state index in [9.17, 15) is 9.18 Å². The van der Waals surface area contributed by atoms with Gasteiger partial charge in [-0.05, 0) is 53.5 Å². The SMILES string of the molecule is Cc1ccc(F)cc1NC(=O)CSc1nc[nH][n+]1-c1ccccc1. The maximum Gasteiger partial charge on any atom is 0.385 e. The van der Waals surface area contributed by atoms with Crippen molar-refractivity contribution >= 4 is 23.4 Å². The van der Waals surface area contributed by atoms with E-state index < -0.39 is 0 Å². The van der Waals surface area contributed by atoms with Gasteiger partial charge in [-0.1, -0.05) is 24.3 Å². The van der Waals surface area contributed by atoms with E-state index in [0.29, 0.717) is 10.8 Å². The number of aryl methyl sites for hydroxylation is 1. The number of amides is 1. The third kappa shape index (κ3) is 3.80. The van der Waals surface area contributed by atoms with Crippen molar-refractivity contribution < 1.29 is 13.9 Å². The lowest BCUT2D eigenvalue weighted by molar-refractivity contribution is -0.694. The lowest BCUT2D eigenvalue weighted by atomic mass is 10.2. The quantitative estimate of drug-likeness (QED) is 0.553. The molecule has 122 valence electrons. The fourth-order valence-electron chi connectivity index (χ4n) is 2.16. The molecule has 0 saturated carbocycles. The number of benzene rings is 2. The van der Waals surface area contributed by atoms with E-state index in [1.807, 2.05) is 37.3 Å². The molecule has 1 aromatic heterocycles. The molecule has 1 heterocycles. The first-order valence-corrected chi connectivity index (χ1v) is 8.32. The van der Waals surface area contributed by atoms with E-state index >= 15 is 0 Å². The third-order valence-electron chi connectivity index (χ3n) is 3.37. The van der Waals surface area contributed by atoms with Crippen LogP contribution in [0, 0.1) is 12.7 Å². The monoisotopic (exact) mass is 343 g/mol. The van der Waals surface area contributed by atoms with Crippen LogP contribution in [0.15, 0.2) is 60.0 Å². The summed E-state index contributed by atoms with van der Waals surface area (Å²) in [5.74, 6) is -0.415. The van der Waals surface area contributed by atoms with Crippen molar-refractivity contribution in [3.8, 4) is 5.69 Å². The number of para-hydroxylation sites is 1. The van der Waals surface area contributed by atoms with Gasteiger partial charge >= 0.3 is 5.16 Å². The summed E-state index contributed by atoms with van der Waals surface area (Å²) in [5, 5.41) is 6.41. The number of anilines is 1. The Labute approximate surface area is 142 Å². The van der Waals surface area contributed by atoms with E-state index in [1.165, 1.54) is 23.9 Å². The molecule has 0 aliphatic carbocycles. The molecule has 0 fully saturated rings. The van der Waals surface area contributed by atoms with Gasteiger partial charge in [0.15, 0.2) is 5.69 Å². The second-order valence-electron chi connectivity index (χ2n) is 5.14. The Balaban J connectivity index is 1.65. The van der Waals surface area contributed by atoms with Crippen molar-refractivity contribution in [3.05, 3.63) is 66.2 Å². The van der Waals surface area contributed by atoms with Crippen molar-refractivity contribution in [2.45, 2.75) is 12.1 Å². The van der Waals surface area contributed by atoms with Crippen molar-refractivity contribution in [2.24, 2.45) is 0 Å². The van der Waals surface area contributed by atoms with Crippen molar-refractivity contribution in [1.82, 2.24) is 10.1 Å². The molecule has 0 aliphatic rings. The fraction of sp³-hybridized carbons (Fsp3) is 0.118. The van der Waals surface area contributed by atoms with Crippen LogP contribution in [0.5, 0.6) is 0 Å². The Morgan fingerprint density at radius 3 is 2.88 bits per heavy atom. The molecule has 24 heavy (non-hydrogen) atoms. The lowest BCUT2D eigenvalue weighted by Crippen LogP contribution is -2.35. The molecular formula is C17H16FN4OS+. The number of halogens is 1. The number of hydrogen-bond acceptors (Lipinski definition) is 3. The van der Waals surface area contributed by atoms with E-state index in [2.05, 4.69) is 15.4 Å². The Morgan fingerprint density at radius 1 is 1.29 bits per heavy atom. The van der Waals surface area contributed by atoms with Crippen LogP contribution in [-0.4, -0.2) is 21.7 Å². The summed E-state index contributed by atoms with van der Waals surface area (Å²) < 4.78 is 15.1. The van der Waals surface area contributed by atoms with Gasteiger partial charge in [0.25, 0.3) is 0 Å². The first kappa shape index (κ1) is 16.2. The highest BCUT2D eigenvalue weighted by Crippen LogP contribution is 2.17. The molecule has 7 heteroatoms. The van der Waals surface area contributed by atoms with Gasteiger partial charge in [0, 0.05) is 5.69 Å². The highest BCUT2D eigenvalue weighted by atomic mass is 32.2. The van der Waals surface area contributed by atoms with Crippen molar-refractivity contribution in [2.75, 3.05) is 11.1 Å². The molecule has 0 atom stereocenters. The van der Waals surface area contributed by atoms with Crippen molar-refractivity contribution in [1.29, 1.82) is 0 Å². The molecule has 3 rings (SSSR count). The number of rotatable bonds is 5. The molecule has 0 unspecified atom stereocenters. The van der Waals surface area contributed by atoms with E-state index in [0.717, 1.165) is 11.3 Å². The van der Waals surface area contributed by atoms with Crippen LogP contribution in [0.3, 0.4) is 0 Å². The third-order valence-corrected chi connectivity index (χ3v) is 4.33. The maximum atomic E-state index is 13.3. The molecule has 0 spiro atoms. The van der Waals surface area contributed by atoms with Crippen LogP contribution in [-0.2, 0) is 4.79 Å². The Morgan fingerprint density at radius 2 is 2.08 bits per heavy atom. The molecule has 2 N–H and O–H groups in total. The molecular weight excluding hydrogens is 327 g/mol. The van der Waals surface area contributed by atoms with Crippen LogP contribution in [0.4, 0.5) is 10.1 Å². The standard InChI is InChI=1S/C17H15FN4OS/c1-12-7-8-13(18)9-15(12)21-16(23)10-24-17-19-11-20-22(17)14-5-3-2-4-6-14/h2-9,11H,10H2,1H3,(H,21,23)/p+1. The van der Waals surface area contributed by atoms with Gasteiger partial charge in [0.2, 0.25) is 12.2 Å². The summed E-state index contributed by atoms with van der Waals surface area (Å²) >= 11 is 1.30. The van der Waals surface area contributed by atoms with Crippen LogP contribution in [0.25, 0.3) is 5.69 Å². The van der Waals surface area contributed by atoms with E-state index in [4.69, 9.17) is 0 Å². The molecule has 0 bridgehead atoms. The van der Waals surface area contributed by atoms with Gasteiger partial charge < -0.3 is 5.32 Å². The smallest absolute Gasteiger partial charge is 0.325 e. The highest BCUT2D eigenvalue weighted by Gasteiger charge is 2.18. The number of carbonyl (C=O) groups is 1. The van der Waals surface area contributed by atoms with Crippen molar-refractivity contribution in [3.63, 3.8) is 0 Å². The number of nitrogens with one attached hydrogen (secondary N) is 2. The number of aromatic nitrogens is 3. The van der Waals surface area contributed by atoms with Gasteiger partial charge in [0.05, 0.1) is 5.75 Å². The van der Waals surface area contributed by atoms with E-state index in [-0.39, 0.29) is 17.5 Å². The van der Waals surface area contributed by atoms with Gasteiger partial charge in [-0.25, -0.2) is 4.39 Å². The number of carbonyl (C=O) groups excluding carboxylic acids is 1. The second kappa shape index (κ2) is 7.27. The molecule has 0 radical (unpaired) electrons. The molecule has 2 aromatic carbocycles.